The van der Waals surface area contributed by atoms with Gasteiger partial charge in [-0.25, -0.2) is 9.59 Å². The van der Waals surface area contributed by atoms with Gasteiger partial charge >= 0.3 is 12.1 Å². The Balaban J connectivity index is 0.000000494. The highest BCUT2D eigenvalue weighted by atomic mass is 127. The standard InChI is InChI=1S/C6H10IO4PS.C2H4O3/c1-10-13-12(7)3-4-2-5(8)6(9)11-4;1-5-2(3)4/h4-5,8H,2-3H2,1H3;1H3,(H,3,4). The van der Waals surface area contributed by atoms with Crippen molar-refractivity contribution in [3.63, 3.8) is 0 Å². The molecule has 0 amide bonds. The minimum absolute atomic E-state index is 0.131. The Morgan fingerprint density at radius 1 is 1.67 bits per heavy atom. The second-order valence-corrected chi connectivity index (χ2v) is 11.7. The van der Waals surface area contributed by atoms with E-state index >= 15 is 0 Å². The molecule has 2 N–H and O–H groups in total. The first-order valence-electron chi connectivity index (χ1n) is 4.70. The quantitative estimate of drug-likeness (QED) is 0.313. The Bertz CT molecular complexity index is 280. The predicted octanol–water partition coefficient (Wildman–Crippen LogP) is 2.02. The van der Waals surface area contributed by atoms with Crippen molar-refractivity contribution in [2.45, 2.75) is 18.6 Å². The van der Waals surface area contributed by atoms with Crippen molar-refractivity contribution < 1.29 is 33.5 Å². The van der Waals surface area contributed by atoms with Gasteiger partial charge in [0.25, 0.3) is 0 Å². The molecule has 0 radical (unpaired) electrons. The number of carbonyl (C=O) groups excluding carboxylic acids is 1. The predicted molar refractivity (Wildman–Crippen MR) is 75.9 cm³/mol. The second kappa shape index (κ2) is 10.0. The molecule has 10 heteroatoms. The van der Waals surface area contributed by atoms with E-state index in [9.17, 15) is 4.79 Å². The first kappa shape index (κ1) is 18.2. The minimum atomic E-state index is -1.25. The molecular formula is C8H14IO7PS. The van der Waals surface area contributed by atoms with Crippen LogP contribution in [0.15, 0.2) is 0 Å². The first-order valence-corrected chi connectivity index (χ1v) is 10.4. The second-order valence-electron chi connectivity index (χ2n) is 3.02. The molecule has 1 saturated heterocycles. The fourth-order valence-corrected chi connectivity index (χ4v) is 5.72. The number of methoxy groups -OCH3 is 1. The van der Waals surface area contributed by atoms with Crippen molar-refractivity contribution in [2.24, 2.45) is 0 Å². The third-order valence-electron chi connectivity index (χ3n) is 1.72. The highest BCUT2D eigenvalue weighted by molar-refractivity contribution is 14.2. The van der Waals surface area contributed by atoms with Gasteiger partial charge in [0.05, 0.1) is 19.0 Å². The van der Waals surface area contributed by atoms with Crippen LogP contribution in [0.2, 0.25) is 0 Å². The van der Waals surface area contributed by atoms with Crippen LogP contribution in [0.4, 0.5) is 4.79 Å². The number of hydrogen-bond acceptors (Lipinski definition) is 7. The summed E-state index contributed by atoms with van der Waals surface area (Å²) in [5, 5.41) is 16.6. The van der Waals surface area contributed by atoms with E-state index in [1.807, 2.05) is 0 Å². The lowest BCUT2D eigenvalue weighted by Crippen LogP contribution is -2.11. The molecule has 1 fully saturated rings. The summed E-state index contributed by atoms with van der Waals surface area (Å²) in [4.78, 5) is 20.0. The molecular weight excluding hydrogens is 398 g/mol. The van der Waals surface area contributed by atoms with E-state index in [2.05, 4.69) is 26.8 Å². The van der Waals surface area contributed by atoms with Crippen LogP contribution >= 0.6 is 38.5 Å². The van der Waals surface area contributed by atoms with Gasteiger partial charge in [0.15, 0.2) is 6.10 Å². The Morgan fingerprint density at radius 3 is 2.56 bits per heavy atom. The number of cyclic esters (lactones) is 1. The lowest BCUT2D eigenvalue weighted by atomic mass is 10.2. The summed E-state index contributed by atoms with van der Waals surface area (Å²) in [6.07, 6.45) is -1.10. The van der Waals surface area contributed by atoms with Gasteiger partial charge in [-0.2, -0.15) is 0 Å². The van der Waals surface area contributed by atoms with Crippen molar-refractivity contribution in [1.29, 1.82) is 0 Å². The van der Waals surface area contributed by atoms with Crippen LogP contribution in [0.25, 0.3) is 0 Å². The monoisotopic (exact) mass is 412 g/mol. The van der Waals surface area contributed by atoms with E-state index in [4.69, 9.17) is 23.9 Å². The molecule has 0 aliphatic carbocycles. The summed E-state index contributed by atoms with van der Waals surface area (Å²) in [6.45, 7) is 0. The molecule has 0 saturated carbocycles. The molecule has 1 aliphatic heterocycles. The molecule has 0 aromatic heterocycles. The summed E-state index contributed by atoms with van der Waals surface area (Å²) in [5.74, 6) is -0.493. The van der Waals surface area contributed by atoms with Gasteiger partial charge in [0.1, 0.15) is 6.10 Å². The van der Waals surface area contributed by atoms with Gasteiger partial charge in [-0.3, -0.25) is 0 Å². The summed E-state index contributed by atoms with van der Waals surface area (Å²) in [5.41, 5.74) is 0. The van der Waals surface area contributed by atoms with Crippen LogP contribution in [0, 0.1) is 0 Å². The maximum Gasteiger partial charge on any atom is 0.505 e. The lowest BCUT2D eigenvalue weighted by Gasteiger charge is -2.11. The fraction of sp³-hybridized carbons (Fsp3) is 0.750. The zero-order valence-corrected chi connectivity index (χ0v) is 13.6. The molecule has 3 unspecified atom stereocenters. The van der Waals surface area contributed by atoms with Crippen molar-refractivity contribution in [3.8, 4) is 0 Å². The lowest BCUT2D eigenvalue weighted by molar-refractivity contribution is -0.146. The molecule has 1 heterocycles. The molecule has 7 nitrogen and oxygen atoms in total. The third-order valence-corrected chi connectivity index (χ3v) is 6.73. The molecule has 0 aromatic carbocycles. The van der Waals surface area contributed by atoms with Crippen LogP contribution in [0.5, 0.6) is 0 Å². The third kappa shape index (κ3) is 8.30. The maximum absolute atomic E-state index is 10.8. The number of halogens is 1. The van der Waals surface area contributed by atoms with Gasteiger partial charge in [0.2, 0.25) is 0 Å². The highest BCUT2D eigenvalue weighted by Gasteiger charge is 2.33. The van der Waals surface area contributed by atoms with Crippen molar-refractivity contribution in [1.82, 2.24) is 0 Å². The van der Waals surface area contributed by atoms with Crippen LogP contribution < -0.4 is 0 Å². The van der Waals surface area contributed by atoms with Gasteiger partial charge in [-0.15, -0.1) is 0 Å². The van der Waals surface area contributed by atoms with Crippen molar-refractivity contribution in [2.75, 3.05) is 20.4 Å². The SMILES string of the molecule is COC(=O)O.COSP(I)CC1CC(O)C(=O)O1. The van der Waals surface area contributed by atoms with Crippen LogP contribution in [0.1, 0.15) is 6.42 Å². The molecule has 106 valence electrons. The number of rotatable bonds is 4. The Morgan fingerprint density at radius 2 is 2.22 bits per heavy atom. The van der Waals surface area contributed by atoms with E-state index in [0.717, 1.165) is 13.3 Å². The molecule has 1 aliphatic rings. The van der Waals surface area contributed by atoms with Gasteiger partial charge < -0.3 is 23.9 Å². The van der Waals surface area contributed by atoms with E-state index in [-0.39, 0.29) is 10.9 Å². The number of aliphatic hydroxyl groups is 1. The normalized spacial score (nSPS) is 23.7. The van der Waals surface area contributed by atoms with Crippen LogP contribution in [-0.2, 0) is 18.5 Å². The summed E-state index contributed by atoms with van der Waals surface area (Å²) in [6, 6.07) is 0. The molecule has 18 heavy (non-hydrogen) atoms. The number of carbonyl (C=O) groups is 2. The van der Waals surface area contributed by atoms with E-state index in [1.54, 1.807) is 7.11 Å². The highest BCUT2D eigenvalue weighted by Crippen LogP contribution is 2.58. The van der Waals surface area contributed by atoms with Crippen molar-refractivity contribution in [3.05, 3.63) is 0 Å². The van der Waals surface area contributed by atoms with Crippen molar-refractivity contribution >= 4 is 50.6 Å². The molecule has 1 rings (SSSR count). The van der Waals surface area contributed by atoms with Gasteiger partial charge in [-0.05, 0) is 22.0 Å². The van der Waals surface area contributed by atoms with E-state index < -0.39 is 18.2 Å². The summed E-state index contributed by atoms with van der Waals surface area (Å²) >= 11 is 3.67. The summed E-state index contributed by atoms with van der Waals surface area (Å²) in [7, 11) is 2.72. The fourth-order valence-electron chi connectivity index (χ4n) is 1.02. The number of ether oxygens (including phenoxy) is 2. The first-order chi connectivity index (χ1) is 8.40. The average Bonchev–Trinajstić information content (AvgIpc) is 2.59. The molecule has 3 atom stereocenters. The molecule has 0 bridgehead atoms. The van der Waals surface area contributed by atoms with Crippen LogP contribution in [-0.4, -0.2) is 54.9 Å². The zero-order valence-electron chi connectivity index (χ0n) is 9.74. The minimum Gasteiger partial charge on any atom is -0.460 e. The number of aliphatic hydroxyl groups excluding tert-OH is 1. The Kier molecular flexibility index (Phi) is 10.1. The summed E-state index contributed by atoms with van der Waals surface area (Å²) < 4.78 is 13.2. The van der Waals surface area contributed by atoms with Crippen LogP contribution in [0.3, 0.4) is 0 Å². The Labute approximate surface area is 123 Å². The topological polar surface area (TPSA) is 102 Å². The number of hydrogen-bond donors (Lipinski definition) is 2. The van der Waals surface area contributed by atoms with E-state index in [1.165, 1.54) is 11.7 Å². The largest absolute Gasteiger partial charge is 0.505 e. The van der Waals surface area contributed by atoms with E-state index in [0.29, 0.717) is 6.42 Å². The molecule has 0 aromatic rings. The smallest absolute Gasteiger partial charge is 0.460 e. The number of carboxylic acid groups (broad SMARTS) is 1. The average molecular weight is 412 g/mol. The van der Waals surface area contributed by atoms with Gasteiger partial charge in [0, 0.05) is 24.2 Å². The zero-order chi connectivity index (χ0) is 14.1. The number of esters is 1. The Hall–Kier alpha value is 0.170. The van der Waals surface area contributed by atoms with Gasteiger partial charge in [-0.1, -0.05) is 0 Å². The molecule has 0 spiro atoms. The maximum atomic E-state index is 10.8.